The summed E-state index contributed by atoms with van der Waals surface area (Å²) in [5.41, 5.74) is 1.67. The fourth-order valence-corrected chi connectivity index (χ4v) is 2.75. The number of rotatable bonds is 11. The van der Waals surface area contributed by atoms with Crippen molar-refractivity contribution < 1.29 is 28.5 Å². The van der Waals surface area contributed by atoms with Crippen LogP contribution in [-0.4, -0.2) is 38.4 Å². The molecule has 2 aromatic rings. The highest BCUT2D eigenvalue weighted by molar-refractivity contribution is 5.81. The number of carbonyl (C=O) groups is 2. The monoisotopic (exact) mass is 426 g/mol. The third kappa shape index (κ3) is 7.23. The Balaban J connectivity index is 2.36. The molecule has 0 aromatic heterocycles. The summed E-state index contributed by atoms with van der Waals surface area (Å²) >= 11 is 0. The predicted molar refractivity (Wildman–Crippen MR) is 114 cm³/mol. The van der Waals surface area contributed by atoms with E-state index in [0.29, 0.717) is 34.9 Å². The lowest BCUT2D eigenvalue weighted by molar-refractivity contribution is -0.146. The Bertz CT molecular complexity index is 921. The van der Waals surface area contributed by atoms with Gasteiger partial charge in [0.25, 0.3) is 0 Å². The van der Waals surface area contributed by atoms with Crippen LogP contribution in [0.1, 0.15) is 37.9 Å². The average molecular weight is 426 g/mol. The van der Waals surface area contributed by atoms with Gasteiger partial charge in [0.05, 0.1) is 31.5 Å². The molecule has 2 rings (SSSR count). The number of carbonyl (C=O) groups excluding carboxylic acids is 2. The first-order chi connectivity index (χ1) is 15.0. The molecule has 0 bridgehead atoms. The maximum atomic E-state index is 12.7. The van der Waals surface area contributed by atoms with Gasteiger partial charge in [-0.1, -0.05) is 0 Å². The molecule has 31 heavy (non-hydrogen) atoms. The van der Waals surface area contributed by atoms with E-state index in [1.807, 2.05) is 6.92 Å². The van der Waals surface area contributed by atoms with Crippen LogP contribution in [-0.2, 0) is 19.1 Å². The molecule has 1 atom stereocenters. The van der Waals surface area contributed by atoms with Gasteiger partial charge in [0.2, 0.25) is 0 Å². The average Bonchev–Trinajstić information content (AvgIpc) is 2.77. The van der Waals surface area contributed by atoms with E-state index in [0.717, 1.165) is 0 Å². The fourth-order valence-electron chi connectivity index (χ4n) is 2.75. The van der Waals surface area contributed by atoms with Gasteiger partial charge in [-0.3, -0.25) is 0 Å². The number of esters is 2. The standard InChI is InChI=1S/C23H26N2O6/c1-4-28-19-11-17(12-20(13-19)31-15-21(26)29-5-2)22(23(27)30-6-3)25-18-9-7-16(14-24)8-10-18/h7-13,22,25H,4-6,15H2,1-3H3. The number of nitriles is 1. The maximum absolute atomic E-state index is 12.7. The highest BCUT2D eigenvalue weighted by Crippen LogP contribution is 2.30. The molecule has 0 aliphatic rings. The topological polar surface area (TPSA) is 107 Å². The number of hydrogen-bond donors (Lipinski definition) is 1. The first kappa shape index (κ1) is 23.5. The van der Waals surface area contributed by atoms with Crippen LogP contribution in [0.15, 0.2) is 42.5 Å². The number of nitrogens with one attached hydrogen (secondary N) is 1. The summed E-state index contributed by atoms with van der Waals surface area (Å²) in [4.78, 5) is 24.4. The molecular weight excluding hydrogens is 400 g/mol. The van der Waals surface area contributed by atoms with Crippen LogP contribution >= 0.6 is 0 Å². The van der Waals surface area contributed by atoms with Gasteiger partial charge in [-0.15, -0.1) is 0 Å². The zero-order valence-electron chi connectivity index (χ0n) is 17.8. The molecule has 2 aromatic carbocycles. The van der Waals surface area contributed by atoms with Crippen molar-refractivity contribution in [2.75, 3.05) is 31.7 Å². The Hall–Kier alpha value is -3.73. The number of nitrogens with zero attached hydrogens (tertiary/aromatic N) is 1. The molecule has 1 N–H and O–H groups in total. The molecule has 0 aliphatic heterocycles. The highest BCUT2D eigenvalue weighted by Gasteiger charge is 2.24. The number of hydrogen-bond acceptors (Lipinski definition) is 8. The normalized spacial score (nSPS) is 11.0. The summed E-state index contributed by atoms with van der Waals surface area (Å²) in [6, 6.07) is 12.9. The maximum Gasteiger partial charge on any atom is 0.344 e. The summed E-state index contributed by atoms with van der Waals surface area (Å²) in [6.45, 7) is 5.88. The zero-order valence-corrected chi connectivity index (χ0v) is 17.8. The van der Waals surface area contributed by atoms with Crippen LogP contribution in [0.25, 0.3) is 0 Å². The van der Waals surface area contributed by atoms with Gasteiger partial charge in [0.1, 0.15) is 11.5 Å². The van der Waals surface area contributed by atoms with E-state index < -0.39 is 18.0 Å². The van der Waals surface area contributed by atoms with Gasteiger partial charge < -0.3 is 24.3 Å². The Morgan fingerprint density at radius 3 is 2.16 bits per heavy atom. The minimum Gasteiger partial charge on any atom is -0.494 e. The van der Waals surface area contributed by atoms with Gasteiger partial charge >= 0.3 is 11.9 Å². The molecule has 0 saturated carbocycles. The molecule has 164 valence electrons. The number of anilines is 1. The zero-order chi connectivity index (χ0) is 22.6. The molecule has 0 radical (unpaired) electrons. The lowest BCUT2D eigenvalue weighted by Gasteiger charge is -2.20. The Labute approximate surface area is 181 Å². The summed E-state index contributed by atoms with van der Waals surface area (Å²) in [5, 5.41) is 12.1. The smallest absolute Gasteiger partial charge is 0.344 e. The molecule has 0 spiro atoms. The molecule has 0 aliphatic carbocycles. The lowest BCUT2D eigenvalue weighted by Crippen LogP contribution is -2.23. The minimum absolute atomic E-state index is 0.210. The van der Waals surface area contributed by atoms with Gasteiger partial charge in [0.15, 0.2) is 12.6 Å². The largest absolute Gasteiger partial charge is 0.494 e. The van der Waals surface area contributed by atoms with E-state index in [9.17, 15) is 9.59 Å². The summed E-state index contributed by atoms with van der Waals surface area (Å²) < 4.78 is 21.3. The molecule has 0 saturated heterocycles. The van der Waals surface area contributed by atoms with Crippen molar-refractivity contribution in [3.8, 4) is 17.6 Å². The van der Waals surface area contributed by atoms with E-state index in [-0.39, 0.29) is 19.8 Å². The van der Waals surface area contributed by atoms with E-state index in [2.05, 4.69) is 11.4 Å². The van der Waals surface area contributed by atoms with E-state index >= 15 is 0 Å². The van der Waals surface area contributed by atoms with E-state index in [1.165, 1.54) is 0 Å². The van der Waals surface area contributed by atoms with Crippen molar-refractivity contribution in [1.82, 2.24) is 0 Å². The van der Waals surface area contributed by atoms with E-state index in [4.69, 9.17) is 24.2 Å². The van der Waals surface area contributed by atoms with Crippen LogP contribution in [0.4, 0.5) is 5.69 Å². The number of benzene rings is 2. The summed E-state index contributed by atoms with van der Waals surface area (Å²) in [7, 11) is 0. The van der Waals surface area contributed by atoms with Crippen molar-refractivity contribution in [2.45, 2.75) is 26.8 Å². The van der Waals surface area contributed by atoms with Gasteiger partial charge in [-0.25, -0.2) is 9.59 Å². The second kappa shape index (κ2) is 12.1. The van der Waals surface area contributed by atoms with Crippen LogP contribution in [0, 0.1) is 11.3 Å². The fraction of sp³-hybridized carbons (Fsp3) is 0.348. The minimum atomic E-state index is -0.863. The molecule has 8 nitrogen and oxygen atoms in total. The van der Waals surface area contributed by atoms with Gasteiger partial charge in [-0.2, -0.15) is 5.26 Å². The third-order valence-corrected chi connectivity index (χ3v) is 4.06. The second-order valence-corrected chi connectivity index (χ2v) is 6.28. The Morgan fingerprint density at radius 1 is 0.935 bits per heavy atom. The van der Waals surface area contributed by atoms with Crippen LogP contribution in [0.2, 0.25) is 0 Å². The summed E-state index contributed by atoms with van der Waals surface area (Å²) in [6.07, 6.45) is 0. The van der Waals surface area contributed by atoms with Gasteiger partial charge in [-0.05, 0) is 62.7 Å². The second-order valence-electron chi connectivity index (χ2n) is 6.28. The Morgan fingerprint density at radius 2 is 1.58 bits per heavy atom. The Kier molecular flexibility index (Phi) is 9.17. The van der Waals surface area contributed by atoms with Crippen LogP contribution < -0.4 is 14.8 Å². The number of ether oxygens (including phenoxy) is 4. The van der Waals surface area contributed by atoms with Crippen molar-refractivity contribution in [1.29, 1.82) is 5.26 Å². The molecule has 8 heteroatoms. The summed E-state index contributed by atoms with van der Waals surface area (Å²) in [5.74, 6) is -0.153. The molecule has 0 fully saturated rings. The molecular formula is C23H26N2O6. The first-order valence-electron chi connectivity index (χ1n) is 10.00. The quantitative estimate of drug-likeness (QED) is 0.543. The third-order valence-electron chi connectivity index (χ3n) is 4.06. The van der Waals surface area contributed by atoms with Gasteiger partial charge in [0, 0.05) is 11.8 Å². The lowest BCUT2D eigenvalue weighted by atomic mass is 10.1. The van der Waals surface area contributed by atoms with Crippen molar-refractivity contribution in [3.63, 3.8) is 0 Å². The van der Waals surface area contributed by atoms with Crippen molar-refractivity contribution in [2.24, 2.45) is 0 Å². The van der Waals surface area contributed by atoms with Crippen LogP contribution in [0.3, 0.4) is 0 Å². The molecule has 1 unspecified atom stereocenters. The highest BCUT2D eigenvalue weighted by atomic mass is 16.6. The van der Waals surface area contributed by atoms with Crippen molar-refractivity contribution in [3.05, 3.63) is 53.6 Å². The first-order valence-corrected chi connectivity index (χ1v) is 10.00. The SMILES string of the molecule is CCOC(=O)COc1cc(OCC)cc(C(Nc2ccc(C#N)cc2)C(=O)OCC)c1. The van der Waals surface area contributed by atoms with Crippen molar-refractivity contribution >= 4 is 17.6 Å². The predicted octanol–water partition coefficient (Wildman–Crippen LogP) is 3.62. The van der Waals surface area contributed by atoms with Crippen LogP contribution in [0.5, 0.6) is 11.5 Å². The molecule has 0 heterocycles. The van der Waals surface area contributed by atoms with E-state index in [1.54, 1.807) is 56.3 Å². The molecule has 0 amide bonds.